The van der Waals surface area contributed by atoms with Gasteiger partial charge in [0.2, 0.25) is 5.91 Å². The third-order valence-electron chi connectivity index (χ3n) is 6.65. The van der Waals surface area contributed by atoms with Gasteiger partial charge in [-0.3, -0.25) is 4.79 Å². The van der Waals surface area contributed by atoms with Crippen molar-refractivity contribution in [2.24, 2.45) is 0 Å². The van der Waals surface area contributed by atoms with Gasteiger partial charge in [0, 0.05) is 37.8 Å². The van der Waals surface area contributed by atoms with Gasteiger partial charge in [0.1, 0.15) is 22.7 Å². The van der Waals surface area contributed by atoms with Crippen LogP contribution >= 0.6 is 0 Å². The molecule has 2 aliphatic heterocycles. The number of hydrogen-bond acceptors (Lipinski definition) is 7. The first-order valence-electron chi connectivity index (χ1n) is 11.7. The van der Waals surface area contributed by atoms with Gasteiger partial charge in [-0.2, -0.15) is 0 Å². The van der Waals surface area contributed by atoms with Gasteiger partial charge in [0.25, 0.3) is 0 Å². The molecule has 1 aromatic heterocycles. The molecule has 2 aromatic rings. The van der Waals surface area contributed by atoms with Crippen LogP contribution in [0.4, 0.5) is 4.79 Å². The van der Waals surface area contributed by atoms with Crippen LogP contribution in [0.1, 0.15) is 43.9 Å². The fourth-order valence-electron chi connectivity index (χ4n) is 4.66. The van der Waals surface area contributed by atoms with Crippen molar-refractivity contribution < 1.29 is 28.2 Å². The Morgan fingerprint density at radius 2 is 1.82 bits per heavy atom. The predicted octanol–water partition coefficient (Wildman–Crippen LogP) is 3.06. The quantitative estimate of drug-likeness (QED) is 0.631. The minimum atomic E-state index is -0.524. The Morgan fingerprint density at radius 3 is 2.47 bits per heavy atom. The van der Waals surface area contributed by atoms with Gasteiger partial charge in [-0.05, 0) is 46.1 Å². The summed E-state index contributed by atoms with van der Waals surface area (Å²) in [5.41, 5.74) is 1.47. The van der Waals surface area contributed by atoms with Crippen molar-refractivity contribution in [1.82, 2.24) is 9.80 Å². The zero-order valence-corrected chi connectivity index (χ0v) is 20.5. The molecule has 2 amide bonds. The van der Waals surface area contributed by atoms with Crippen LogP contribution in [-0.4, -0.2) is 67.3 Å². The first kappa shape index (κ1) is 23.9. The maximum Gasteiger partial charge on any atom is 0.409 e. The summed E-state index contributed by atoms with van der Waals surface area (Å²) in [5.74, 6) is 1.02. The van der Waals surface area contributed by atoms with E-state index < -0.39 is 5.63 Å². The molecule has 1 saturated heterocycles. The van der Waals surface area contributed by atoms with Gasteiger partial charge < -0.3 is 28.4 Å². The summed E-state index contributed by atoms with van der Waals surface area (Å²) in [6, 6.07) is 1.84. The molecule has 2 aliphatic rings. The number of rotatable bonds is 4. The second-order valence-corrected chi connectivity index (χ2v) is 9.36. The highest BCUT2D eigenvalue weighted by atomic mass is 16.6. The van der Waals surface area contributed by atoms with Gasteiger partial charge >= 0.3 is 11.7 Å². The van der Waals surface area contributed by atoms with E-state index >= 15 is 0 Å². The third kappa shape index (κ3) is 4.43. The first-order valence-corrected chi connectivity index (χ1v) is 11.7. The number of carbonyl (C=O) groups excluding carboxylic acids is 2. The largest absolute Gasteiger partial charge is 0.496 e. The van der Waals surface area contributed by atoms with Crippen molar-refractivity contribution in [3.63, 3.8) is 0 Å². The van der Waals surface area contributed by atoms with Crippen LogP contribution in [0, 0.1) is 6.92 Å². The highest BCUT2D eigenvalue weighted by Crippen LogP contribution is 2.43. The highest BCUT2D eigenvalue weighted by Gasteiger charge is 2.32. The Kier molecular flexibility index (Phi) is 6.47. The summed E-state index contributed by atoms with van der Waals surface area (Å²) in [5, 5.41) is 0.694. The number of piperazine rings is 1. The fourth-order valence-corrected chi connectivity index (χ4v) is 4.66. The lowest BCUT2D eigenvalue weighted by atomic mass is 9.91. The van der Waals surface area contributed by atoms with Crippen LogP contribution in [0.2, 0.25) is 0 Å². The maximum absolute atomic E-state index is 13.0. The van der Waals surface area contributed by atoms with Gasteiger partial charge in [-0.15, -0.1) is 0 Å². The standard InChI is InChI=1S/C25H32N2O7/c1-6-32-24(30)27-11-9-26(10-12-27)20(28)13-17-15(2)21-19(31-5)14-18-16(22(21)33-23(17)29)7-8-25(3,4)34-18/h14H,6-13H2,1-5H3. The summed E-state index contributed by atoms with van der Waals surface area (Å²) < 4.78 is 22.6. The van der Waals surface area contributed by atoms with Crippen molar-refractivity contribution in [2.75, 3.05) is 39.9 Å². The van der Waals surface area contributed by atoms with E-state index in [0.29, 0.717) is 72.8 Å². The molecule has 1 fully saturated rings. The number of methoxy groups -OCH3 is 1. The van der Waals surface area contributed by atoms with Gasteiger partial charge in [0.05, 0.1) is 31.1 Å². The van der Waals surface area contributed by atoms with E-state index in [9.17, 15) is 14.4 Å². The topological polar surface area (TPSA) is 98.5 Å². The molecule has 0 bridgehead atoms. The number of amides is 2. The molecule has 0 aliphatic carbocycles. The van der Waals surface area contributed by atoms with Crippen LogP contribution in [0.3, 0.4) is 0 Å². The van der Waals surface area contributed by atoms with E-state index in [2.05, 4.69) is 0 Å². The number of fused-ring (bicyclic) bond motifs is 3. The van der Waals surface area contributed by atoms with Gasteiger partial charge in [0.15, 0.2) is 0 Å². The van der Waals surface area contributed by atoms with Crippen LogP contribution in [-0.2, 0) is 22.4 Å². The normalized spacial score (nSPS) is 17.2. The number of hydrogen-bond donors (Lipinski definition) is 0. The summed E-state index contributed by atoms with van der Waals surface area (Å²) in [6.45, 7) is 9.50. The number of aryl methyl sites for hydroxylation is 2. The molecule has 0 radical (unpaired) electrons. The second kappa shape index (κ2) is 9.19. The van der Waals surface area contributed by atoms with Crippen LogP contribution in [0.25, 0.3) is 11.0 Å². The molecule has 0 atom stereocenters. The molecular formula is C25H32N2O7. The van der Waals surface area contributed by atoms with Gasteiger partial charge in [-0.25, -0.2) is 9.59 Å². The number of carbonyl (C=O) groups is 2. The first-order chi connectivity index (χ1) is 16.1. The Balaban J connectivity index is 1.61. The average Bonchev–Trinajstić information content (AvgIpc) is 2.80. The van der Waals surface area contributed by atoms with Crippen LogP contribution in [0.5, 0.6) is 11.5 Å². The van der Waals surface area contributed by atoms with E-state index in [-0.39, 0.29) is 24.0 Å². The summed E-state index contributed by atoms with van der Waals surface area (Å²) >= 11 is 0. The van der Waals surface area contributed by atoms with E-state index in [1.165, 1.54) is 0 Å². The molecule has 184 valence electrons. The lowest BCUT2D eigenvalue weighted by molar-refractivity contribution is -0.132. The average molecular weight is 473 g/mol. The molecule has 0 unspecified atom stereocenters. The Bertz CT molecular complexity index is 1180. The SMILES string of the molecule is CCOC(=O)N1CCN(C(=O)Cc2c(C)c3c(OC)cc4c(c3oc2=O)CCC(C)(C)O4)CC1. The summed E-state index contributed by atoms with van der Waals surface area (Å²) in [4.78, 5) is 41.2. The van der Waals surface area contributed by atoms with E-state index in [4.69, 9.17) is 18.6 Å². The fraction of sp³-hybridized carbons (Fsp3) is 0.560. The zero-order valence-electron chi connectivity index (χ0n) is 20.5. The molecule has 0 saturated carbocycles. The van der Waals surface area contributed by atoms with Crippen LogP contribution in [0.15, 0.2) is 15.3 Å². The van der Waals surface area contributed by atoms with E-state index in [1.807, 2.05) is 26.8 Å². The summed E-state index contributed by atoms with van der Waals surface area (Å²) in [6.07, 6.45) is 1.06. The molecule has 1 aromatic carbocycles. The molecular weight excluding hydrogens is 440 g/mol. The Hall–Kier alpha value is -3.23. The van der Waals surface area contributed by atoms with Crippen molar-refractivity contribution in [1.29, 1.82) is 0 Å². The van der Waals surface area contributed by atoms with Gasteiger partial charge in [-0.1, -0.05) is 0 Å². The predicted molar refractivity (Wildman–Crippen MR) is 126 cm³/mol. The number of benzene rings is 1. The molecule has 0 spiro atoms. The Morgan fingerprint density at radius 1 is 1.15 bits per heavy atom. The van der Waals surface area contributed by atoms with E-state index in [1.54, 1.807) is 23.8 Å². The number of ether oxygens (including phenoxy) is 3. The monoisotopic (exact) mass is 472 g/mol. The minimum absolute atomic E-state index is 0.0761. The Labute approximate surface area is 198 Å². The molecule has 3 heterocycles. The smallest absolute Gasteiger partial charge is 0.409 e. The molecule has 34 heavy (non-hydrogen) atoms. The van der Waals surface area contributed by atoms with Crippen molar-refractivity contribution >= 4 is 23.0 Å². The number of nitrogens with zero attached hydrogens (tertiary/aromatic N) is 2. The van der Waals surface area contributed by atoms with Crippen molar-refractivity contribution in [3.05, 3.63) is 33.2 Å². The highest BCUT2D eigenvalue weighted by molar-refractivity contribution is 5.93. The van der Waals surface area contributed by atoms with Crippen molar-refractivity contribution in [2.45, 2.75) is 52.6 Å². The van der Waals surface area contributed by atoms with Crippen molar-refractivity contribution in [3.8, 4) is 11.5 Å². The lowest BCUT2D eigenvalue weighted by Gasteiger charge is -2.34. The summed E-state index contributed by atoms with van der Waals surface area (Å²) in [7, 11) is 1.56. The maximum atomic E-state index is 13.0. The zero-order chi connectivity index (χ0) is 24.6. The lowest BCUT2D eigenvalue weighted by Crippen LogP contribution is -2.51. The van der Waals surface area contributed by atoms with E-state index in [0.717, 1.165) is 12.0 Å². The molecule has 9 nitrogen and oxygen atoms in total. The molecule has 0 N–H and O–H groups in total. The molecule has 4 rings (SSSR count). The third-order valence-corrected chi connectivity index (χ3v) is 6.65. The van der Waals surface area contributed by atoms with Crippen LogP contribution < -0.4 is 15.1 Å². The minimum Gasteiger partial charge on any atom is -0.496 e. The second-order valence-electron chi connectivity index (χ2n) is 9.36. The molecule has 9 heteroatoms.